The lowest BCUT2D eigenvalue weighted by Gasteiger charge is -2.26. The maximum atomic E-state index is 12.8. The van der Waals surface area contributed by atoms with E-state index in [0.29, 0.717) is 12.5 Å². The fraction of sp³-hybridized carbons (Fsp3) is 0.353. The summed E-state index contributed by atoms with van der Waals surface area (Å²) in [6, 6.07) is 8.47. The fourth-order valence-corrected chi connectivity index (χ4v) is 4.44. The zero-order valence-electron chi connectivity index (χ0n) is 14.3. The van der Waals surface area contributed by atoms with Crippen molar-refractivity contribution >= 4 is 15.6 Å². The SMILES string of the molecule is Cc1cccc(C2=CCN(S(=O)(=O)c3cc(C(F)(F)F)nn3C)CC2)c1. The number of nitrogens with zero attached hydrogens (tertiary/aromatic N) is 3. The van der Waals surface area contributed by atoms with E-state index in [2.05, 4.69) is 5.10 Å². The molecule has 0 saturated carbocycles. The standard InChI is InChI=1S/C17H18F3N3O2S/c1-12-4-3-5-14(10-12)13-6-8-23(9-7-13)26(24,25)16-11-15(17(18,19)20)21-22(16)2/h3-6,10-11H,7-9H2,1-2H3. The van der Waals surface area contributed by atoms with E-state index in [1.54, 1.807) is 6.08 Å². The summed E-state index contributed by atoms with van der Waals surface area (Å²) >= 11 is 0. The first kappa shape index (κ1) is 18.7. The number of alkyl halides is 3. The Balaban J connectivity index is 1.85. The molecule has 0 radical (unpaired) electrons. The molecule has 9 heteroatoms. The predicted molar refractivity (Wildman–Crippen MR) is 90.7 cm³/mol. The average Bonchev–Trinajstić information content (AvgIpc) is 2.98. The second-order valence-corrected chi connectivity index (χ2v) is 8.09. The molecular weight excluding hydrogens is 367 g/mol. The second-order valence-electron chi connectivity index (χ2n) is 6.20. The molecule has 0 N–H and O–H groups in total. The van der Waals surface area contributed by atoms with Gasteiger partial charge in [0.1, 0.15) is 0 Å². The summed E-state index contributed by atoms with van der Waals surface area (Å²) in [7, 11) is -2.86. The van der Waals surface area contributed by atoms with Crippen LogP contribution in [-0.4, -0.2) is 35.6 Å². The summed E-state index contributed by atoms with van der Waals surface area (Å²) in [5.41, 5.74) is 1.95. The summed E-state index contributed by atoms with van der Waals surface area (Å²) in [4.78, 5) is 0. The molecule has 26 heavy (non-hydrogen) atoms. The summed E-state index contributed by atoms with van der Waals surface area (Å²) in [5, 5.41) is 2.82. The normalized spacial score (nSPS) is 16.6. The van der Waals surface area contributed by atoms with Crippen LogP contribution in [0.4, 0.5) is 13.2 Å². The first-order valence-corrected chi connectivity index (χ1v) is 9.40. The monoisotopic (exact) mass is 385 g/mol. The number of hydrogen-bond donors (Lipinski definition) is 0. The smallest absolute Gasteiger partial charge is 0.255 e. The number of rotatable bonds is 3. The Morgan fingerprint density at radius 2 is 1.92 bits per heavy atom. The van der Waals surface area contributed by atoms with Gasteiger partial charge in [0.2, 0.25) is 0 Å². The highest BCUT2D eigenvalue weighted by molar-refractivity contribution is 7.89. The minimum absolute atomic E-state index is 0.109. The number of sulfonamides is 1. The van der Waals surface area contributed by atoms with E-state index in [4.69, 9.17) is 0 Å². The molecular formula is C17H18F3N3O2S. The molecule has 2 heterocycles. The number of benzene rings is 1. The molecule has 1 aromatic carbocycles. The Kier molecular flexibility index (Phi) is 4.70. The van der Waals surface area contributed by atoms with Gasteiger partial charge in [0.15, 0.2) is 10.7 Å². The van der Waals surface area contributed by atoms with Crippen LogP contribution in [0.15, 0.2) is 41.4 Å². The van der Waals surface area contributed by atoms with Crippen LogP contribution in [0.3, 0.4) is 0 Å². The van der Waals surface area contributed by atoms with E-state index < -0.39 is 26.9 Å². The number of halogens is 3. The van der Waals surface area contributed by atoms with Crippen molar-refractivity contribution in [1.29, 1.82) is 0 Å². The van der Waals surface area contributed by atoms with E-state index in [1.165, 1.54) is 11.4 Å². The van der Waals surface area contributed by atoms with Crippen molar-refractivity contribution in [3.05, 3.63) is 53.2 Å². The lowest BCUT2D eigenvalue weighted by Crippen LogP contribution is -2.35. The van der Waals surface area contributed by atoms with E-state index in [1.807, 2.05) is 31.2 Å². The Hall–Kier alpha value is -2.13. The second kappa shape index (κ2) is 6.55. The molecule has 0 aliphatic carbocycles. The Morgan fingerprint density at radius 1 is 1.19 bits per heavy atom. The number of aromatic nitrogens is 2. The van der Waals surface area contributed by atoms with Crippen molar-refractivity contribution in [2.24, 2.45) is 7.05 Å². The average molecular weight is 385 g/mol. The molecule has 0 saturated heterocycles. The van der Waals surface area contributed by atoms with Gasteiger partial charge >= 0.3 is 6.18 Å². The zero-order chi connectivity index (χ0) is 19.1. The van der Waals surface area contributed by atoms with Gasteiger partial charge in [-0.3, -0.25) is 4.68 Å². The fourth-order valence-electron chi connectivity index (χ4n) is 2.94. The topological polar surface area (TPSA) is 55.2 Å². The Morgan fingerprint density at radius 3 is 2.46 bits per heavy atom. The first-order valence-electron chi connectivity index (χ1n) is 7.96. The molecule has 1 aromatic heterocycles. The van der Waals surface area contributed by atoms with Crippen LogP contribution in [0.5, 0.6) is 0 Å². The Labute approximate surface area is 149 Å². The summed E-state index contributed by atoms with van der Waals surface area (Å²) in [6.07, 6.45) is -2.39. The molecule has 5 nitrogen and oxygen atoms in total. The summed E-state index contributed by atoms with van der Waals surface area (Å²) in [6.45, 7) is 2.29. The molecule has 0 amide bonds. The molecule has 3 rings (SSSR count). The van der Waals surface area contributed by atoms with Gasteiger partial charge in [-0.1, -0.05) is 35.9 Å². The molecule has 0 bridgehead atoms. The van der Waals surface area contributed by atoms with Crippen LogP contribution in [0.1, 0.15) is 23.2 Å². The highest BCUT2D eigenvalue weighted by atomic mass is 32.2. The predicted octanol–water partition coefficient (Wildman–Crippen LogP) is 3.23. The largest absolute Gasteiger partial charge is 0.435 e. The van der Waals surface area contributed by atoms with Crippen molar-refractivity contribution in [1.82, 2.24) is 14.1 Å². The van der Waals surface area contributed by atoms with E-state index in [0.717, 1.165) is 21.4 Å². The zero-order valence-corrected chi connectivity index (χ0v) is 15.1. The number of aryl methyl sites for hydroxylation is 2. The van der Waals surface area contributed by atoms with Crippen LogP contribution < -0.4 is 0 Å². The van der Waals surface area contributed by atoms with Gasteiger partial charge in [0.05, 0.1) is 0 Å². The minimum atomic E-state index is -4.69. The third-order valence-electron chi connectivity index (χ3n) is 4.29. The molecule has 0 fully saturated rings. The van der Waals surface area contributed by atoms with Crippen LogP contribution >= 0.6 is 0 Å². The van der Waals surface area contributed by atoms with Crippen molar-refractivity contribution in [2.75, 3.05) is 13.1 Å². The summed E-state index contributed by atoms with van der Waals surface area (Å²) in [5.74, 6) is 0. The van der Waals surface area contributed by atoms with Crippen LogP contribution in [0, 0.1) is 6.92 Å². The highest BCUT2D eigenvalue weighted by Gasteiger charge is 2.38. The van der Waals surface area contributed by atoms with Crippen LogP contribution in [0.25, 0.3) is 5.57 Å². The van der Waals surface area contributed by atoms with Gasteiger partial charge in [0.25, 0.3) is 10.0 Å². The first-order chi connectivity index (χ1) is 12.1. The van der Waals surface area contributed by atoms with Crippen molar-refractivity contribution in [3.8, 4) is 0 Å². The van der Waals surface area contributed by atoms with Gasteiger partial charge < -0.3 is 0 Å². The lowest BCUT2D eigenvalue weighted by molar-refractivity contribution is -0.141. The molecule has 140 valence electrons. The van der Waals surface area contributed by atoms with E-state index in [-0.39, 0.29) is 13.1 Å². The van der Waals surface area contributed by atoms with Gasteiger partial charge in [-0.05, 0) is 24.5 Å². The van der Waals surface area contributed by atoms with Gasteiger partial charge in [-0.15, -0.1) is 0 Å². The molecule has 0 spiro atoms. The maximum Gasteiger partial charge on any atom is 0.435 e. The molecule has 1 aliphatic heterocycles. The maximum absolute atomic E-state index is 12.8. The van der Waals surface area contributed by atoms with Crippen LogP contribution in [0.2, 0.25) is 0 Å². The molecule has 2 aromatic rings. The molecule has 1 aliphatic rings. The highest BCUT2D eigenvalue weighted by Crippen LogP contribution is 2.31. The third kappa shape index (κ3) is 3.54. The molecule has 0 atom stereocenters. The quantitative estimate of drug-likeness (QED) is 0.815. The van der Waals surface area contributed by atoms with Gasteiger partial charge in [0, 0.05) is 26.2 Å². The van der Waals surface area contributed by atoms with Gasteiger partial charge in [-0.25, -0.2) is 8.42 Å². The Bertz CT molecular complexity index is 962. The van der Waals surface area contributed by atoms with Crippen LogP contribution in [-0.2, 0) is 23.2 Å². The number of hydrogen-bond acceptors (Lipinski definition) is 3. The van der Waals surface area contributed by atoms with Gasteiger partial charge in [-0.2, -0.15) is 22.6 Å². The lowest BCUT2D eigenvalue weighted by atomic mass is 9.99. The van der Waals surface area contributed by atoms with Crippen molar-refractivity contribution in [2.45, 2.75) is 24.5 Å². The van der Waals surface area contributed by atoms with Crippen molar-refractivity contribution in [3.63, 3.8) is 0 Å². The molecule has 0 unspecified atom stereocenters. The van der Waals surface area contributed by atoms with E-state index >= 15 is 0 Å². The van der Waals surface area contributed by atoms with E-state index in [9.17, 15) is 21.6 Å². The third-order valence-corrected chi connectivity index (χ3v) is 6.21. The summed E-state index contributed by atoms with van der Waals surface area (Å²) < 4.78 is 65.7. The van der Waals surface area contributed by atoms with Crippen molar-refractivity contribution < 1.29 is 21.6 Å². The minimum Gasteiger partial charge on any atom is -0.255 e.